The van der Waals surface area contributed by atoms with Crippen LogP contribution in [0.3, 0.4) is 0 Å². The number of alkyl halides is 1. The largest absolute Gasteiger partial charge is 0.392 e. The molecule has 4 heteroatoms. The Morgan fingerprint density at radius 3 is 2.71 bits per heavy atom. The molecule has 1 N–H and O–H groups in total. The average molecular weight is 261 g/mol. The normalized spacial score (nSPS) is 10.2. The van der Waals surface area contributed by atoms with E-state index < -0.39 is 5.82 Å². The molecule has 1 rings (SSSR count). The molecule has 0 heterocycles. The van der Waals surface area contributed by atoms with Crippen LogP contribution in [0, 0.1) is 5.82 Å². The summed E-state index contributed by atoms with van der Waals surface area (Å²) < 4.78 is 13.1. The molecule has 0 bridgehead atoms. The van der Waals surface area contributed by atoms with Crippen LogP contribution in [0.1, 0.15) is 22.3 Å². The lowest BCUT2D eigenvalue weighted by molar-refractivity contribution is 0.0989. The second-order valence-electron chi connectivity index (χ2n) is 2.83. The summed E-state index contributed by atoms with van der Waals surface area (Å²) in [6, 6.07) is 4.12. The number of aliphatic hydroxyl groups is 1. The van der Waals surface area contributed by atoms with Crippen molar-refractivity contribution in [3.05, 3.63) is 35.1 Å². The van der Waals surface area contributed by atoms with Crippen molar-refractivity contribution in [3.63, 3.8) is 0 Å². The molecule has 0 unspecified atom stereocenters. The smallest absolute Gasteiger partial charge is 0.163 e. The Hall–Kier alpha value is -0.740. The number of ketones is 1. The molecule has 0 aromatic heterocycles. The van der Waals surface area contributed by atoms with Crippen molar-refractivity contribution < 1.29 is 14.3 Å². The molecule has 0 atom stereocenters. The van der Waals surface area contributed by atoms with Crippen LogP contribution in [0.15, 0.2) is 18.2 Å². The number of halogens is 2. The molecule has 1 aromatic rings. The van der Waals surface area contributed by atoms with E-state index in [0.717, 1.165) is 6.07 Å². The van der Waals surface area contributed by atoms with Crippen LogP contribution in [0.5, 0.6) is 0 Å². The minimum Gasteiger partial charge on any atom is -0.392 e. The maximum Gasteiger partial charge on any atom is 0.163 e. The molecule has 0 aliphatic carbocycles. The van der Waals surface area contributed by atoms with Gasteiger partial charge in [0.15, 0.2) is 5.78 Å². The highest BCUT2D eigenvalue weighted by Crippen LogP contribution is 2.12. The average Bonchev–Trinajstić information content (AvgIpc) is 2.18. The standard InChI is InChI=1S/C10H10BrFO2/c11-4-3-10(14)7-1-2-8(6-13)9(12)5-7/h1-2,5,13H,3-4,6H2. The molecule has 0 fully saturated rings. The van der Waals surface area contributed by atoms with Gasteiger partial charge in [-0.2, -0.15) is 0 Å². The Labute approximate surface area is 89.9 Å². The molecule has 76 valence electrons. The summed E-state index contributed by atoms with van der Waals surface area (Å²) in [4.78, 5) is 11.3. The van der Waals surface area contributed by atoms with E-state index >= 15 is 0 Å². The number of carbonyl (C=O) groups excluding carboxylic acids is 1. The molecule has 0 aliphatic rings. The fourth-order valence-electron chi connectivity index (χ4n) is 1.08. The first kappa shape index (κ1) is 11.3. The number of rotatable bonds is 4. The van der Waals surface area contributed by atoms with Gasteiger partial charge in [-0.15, -0.1) is 0 Å². The number of hydrogen-bond donors (Lipinski definition) is 1. The van der Waals surface area contributed by atoms with Crippen molar-refractivity contribution in [2.45, 2.75) is 13.0 Å². The van der Waals surface area contributed by atoms with Crippen LogP contribution in [-0.4, -0.2) is 16.2 Å². The maximum atomic E-state index is 13.1. The highest BCUT2D eigenvalue weighted by atomic mass is 79.9. The predicted octanol–water partition coefficient (Wildman–Crippen LogP) is 2.29. The minimum atomic E-state index is -0.534. The van der Waals surface area contributed by atoms with Crippen molar-refractivity contribution in [2.75, 3.05) is 5.33 Å². The van der Waals surface area contributed by atoms with E-state index in [1.54, 1.807) is 0 Å². The van der Waals surface area contributed by atoms with Gasteiger partial charge in [0.2, 0.25) is 0 Å². The van der Waals surface area contributed by atoms with E-state index in [4.69, 9.17) is 5.11 Å². The third-order valence-corrected chi connectivity index (χ3v) is 2.26. The molecule has 0 aliphatic heterocycles. The lowest BCUT2D eigenvalue weighted by Gasteiger charge is -2.02. The van der Waals surface area contributed by atoms with Gasteiger partial charge in [-0.3, -0.25) is 4.79 Å². The molecule has 2 nitrogen and oxygen atoms in total. The molecule has 0 saturated carbocycles. The zero-order valence-electron chi connectivity index (χ0n) is 7.46. The summed E-state index contributed by atoms with van der Waals surface area (Å²) in [6.45, 7) is -0.348. The minimum absolute atomic E-state index is 0.106. The molecular formula is C10H10BrFO2. The molecular weight excluding hydrogens is 251 g/mol. The van der Waals surface area contributed by atoms with Gasteiger partial charge in [0.25, 0.3) is 0 Å². The van der Waals surface area contributed by atoms with Gasteiger partial charge in [-0.1, -0.05) is 28.1 Å². The highest BCUT2D eigenvalue weighted by molar-refractivity contribution is 9.09. The Morgan fingerprint density at radius 1 is 1.50 bits per heavy atom. The van der Waals surface area contributed by atoms with Crippen molar-refractivity contribution >= 4 is 21.7 Å². The predicted molar refractivity (Wildman–Crippen MR) is 55.1 cm³/mol. The second-order valence-corrected chi connectivity index (χ2v) is 3.62. The van der Waals surface area contributed by atoms with Crippen LogP contribution in [0.25, 0.3) is 0 Å². The fourth-order valence-corrected chi connectivity index (χ4v) is 1.44. The Balaban J connectivity index is 2.91. The molecule has 1 aromatic carbocycles. The summed E-state index contributed by atoms with van der Waals surface area (Å²) >= 11 is 3.14. The van der Waals surface area contributed by atoms with Crippen LogP contribution in [0.4, 0.5) is 4.39 Å². The van der Waals surface area contributed by atoms with Gasteiger partial charge in [0, 0.05) is 22.9 Å². The van der Waals surface area contributed by atoms with Gasteiger partial charge in [0.1, 0.15) is 5.82 Å². The number of carbonyl (C=O) groups is 1. The number of Topliss-reactive ketones (excluding diaryl/α,β-unsaturated/α-hetero) is 1. The molecule has 0 saturated heterocycles. The molecule has 0 amide bonds. The van der Waals surface area contributed by atoms with Gasteiger partial charge < -0.3 is 5.11 Å². The summed E-state index contributed by atoms with van der Waals surface area (Å²) in [7, 11) is 0. The topological polar surface area (TPSA) is 37.3 Å². The van der Waals surface area contributed by atoms with E-state index in [1.165, 1.54) is 12.1 Å². The lowest BCUT2D eigenvalue weighted by atomic mass is 10.1. The SMILES string of the molecule is O=C(CCBr)c1ccc(CO)c(F)c1. The monoisotopic (exact) mass is 260 g/mol. The first-order chi connectivity index (χ1) is 6.69. The maximum absolute atomic E-state index is 13.1. The summed E-state index contributed by atoms with van der Waals surface area (Å²) in [5, 5.41) is 9.28. The first-order valence-corrected chi connectivity index (χ1v) is 5.29. The summed E-state index contributed by atoms with van der Waals surface area (Å²) in [6.07, 6.45) is 0.345. The van der Waals surface area contributed by atoms with Crippen molar-refractivity contribution in [2.24, 2.45) is 0 Å². The van der Waals surface area contributed by atoms with Crippen molar-refractivity contribution in [3.8, 4) is 0 Å². The van der Waals surface area contributed by atoms with Gasteiger partial charge in [-0.05, 0) is 6.07 Å². The van der Waals surface area contributed by atoms with Crippen molar-refractivity contribution in [1.82, 2.24) is 0 Å². The fraction of sp³-hybridized carbons (Fsp3) is 0.300. The lowest BCUT2D eigenvalue weighted by Crippen LogP contribution is -2.01. The van der Waals surface area contributed by atoms with E-state index in [0.29, 0.717) is 17.3 Å². The number of hydrogen-bond acceptors (Lipinski definition) is 2. The van der Waals surface area contributed by atoms with Gasteiger partial charge in [-0.25, -0.2) is 4.39 Å². The van der Waals surface area contributed by atoms with Gasteiger partial charge >= 0.3 is 0 Å². The van der Waals surface area contributed by atoms with E-state index in [1.807, 2.05) is 0 Å². The zero-order valence-corrected chi connectivity index (χ0v) is 9.05. The third-order valence-electron chi connectivity index (χ3n) is 1.87. The Kier molecular flexibility index (Phi) is 4.22. The van der Waals surface area contributed by atoms with Gasteiger partial charge in [0.05, 0.1) is 6.61 Å². The van der Waals surface area contributed by atoms with Crippen LogP contribution >= 0.6 is 15.9 Å². The quantitative estimate of drug-likeness (QED) is 0.667. The number of aliphatic hydroxyl groups excluding tert-OH is 1. The van der Waals surface area contributed by atoms with Crippen LogP contribution in [-0.2, 0) is 6.61 Å². The number of benzene rings is 1. The molecule has 0 spiro atoms. The first-order valence-electron chi connectivity index (χ1n) is 4.17. The second kappa shape index (κ2) is 5.22. The third kappa shape index (κ3) is 2.62. The summed E-state index contributed by atoms with van der Waals surface area (Å²) in [5.41, 5.74) is 0.555. The molecule has 14 heavy (non-hydrogen) atoms. The summed E-state index contributed by atoms with van der Waals surface area (Å²) in [5.74, 6) is -0.641. The van der Waals surface area contributed by atoms with E-state index in [2.05, 4.69) is 15.9 Å². The Bertz CT molecular complexity index is 339. The molecule has 0 radical (unpaired) electrons. The van der Waals surface area contributed by atoms with Crippen LogP contribution < -0.4 is 0 Å². The van der Waals surface area contributed by atoms with Crippen LogP contribution in [0.2, 0.25) is 0 Å². The highest BCUT2D eigenvalue weighted by Gasteiger charge is 2.08. The van der Waals surface area contributed by atoms with Crippen molar-refractivity contribution in [1.29, 1.82) is 0 Å². The van der Waals surface area contributed by atoms with E-state index in [9.17, 15) is 9.18 Å². The van der Waals surface area contributed by atoms with E-state index in [-0.39, 0.29) is 18.0 Å². The zero-order chi connectivity index (χ0) is 10.6. The Morgan fingerprint density at radius 2 is 2.21 bits per heavy atom.